The molecule has 7 heteroatoms. The third-order valence-electron chi connectivity index (χ3n) is 4.65. The van der Waals surface area contributed by atoms with Gasteiger partial charge >= 0.3 is 0 Å². The van der Waals surface area contributed by atoms with Gasteiger partial charge in [-0.15, -0.1) is 5.10 Å². The van der Waals surface area contributed by atoms with Crippen LogP contribution in [0.15, 0.2) is 59.7 Å². The standard InChI is InChI=1S/C21H26N6O/c1-4-15(2)16-5-7-17(8-6-16)24-21(22)23-13-18-14-27(26-25-18)19-9-11-20(28-3)12-10-19/h5-12,14-15H,4,13H2,1-3H3,(H3,22,23,24). The number of guanidine groups is 1. The van der Waals surface area contributed by atoms with E-state index < -0.39 is 0 Å². The van der Waals surface area contributed by atoms with Gasteiger partial charge in [0.15, 0.2) is 5.96 Å². The number of ether oxygens (including phenoxy) is 1. The molecule has 3 aromatic rings. The van der Waals surface area contributed by atoms with Crippen LogP contribution in [0.2, 0.25) is 0 Å². The molecule has 2 aromatic carbocycles. The molecule has 0 bridgehead atoms. The fourth-order valence-corrected chi connectivity index (χ4v) is 2.72. The maximum absolute atomic E-state index is 6.00. The molecule has 28 heavy (non-hydrogen) atoms. The Morgan fingerprint density at radius 3 is 2.54 bits per heavy atom. The quantitative estimate of drug-likeness (QED) is 0.483. The second-order valence-electron chi connectivity index (χ2n) is 6.61. The van der Waals surface area contributed by atoms with Gasteiger partial charge in [0, 0.05) is 5.69 Å². The van der Waals surface area contributed by atoms with Crippen molar-refractivity contribution >= 4 is 11.6 Å². The van der Waals surface area contributed by atoms with Crippen LogP contribution < -0.4 is 15.8 Å². The molecule has 0 radical (unpaired) electrons. The van der Waals surface area contributed by atoms with Crippen LogP contribution in [0.4, 0.5) is 5.69 Å². The molecule has 1 unspecified atom stereocenters. The lowest BCUT2D eigenvalue weighted by atomic mass is 9.99. The van der Waals surface area contributed by atoms with Crippen LogP contribution in [-0.4, -0.2) is 28.1 Å². The van der Waals surface area contributed by atoms with Gasteiger partial charge in [0.25, 0.3) is 0 Å². The van der Waals surface area contributed by atoms with Crippen molar-refractivity contribution < 1.29 is 4.74 Å². The van der Waals surface area contributed by atoms with Gasteiger partial charge in [-0.25, -0.2) is 9.67 Å². The van der Waals surface area contributed by atoms with Crippen molar-refractivity contribution in [2.75, 3.05) is 12.4 Å². The smallest absolute Gasteiger partial charge is 0.193 e. The molecule has 1 aromatic heterocycles. The molecule has 0 amide bonds. The lowest BCUT2D eigenvalue weighted by Crippen LogP contribution is -2.22. The second-order valence-corrected chi connectivity index (χ2v) is 6.61. The zero-order chi connectivity index (χ0) is 19.9. The largest absolute Gasteiger partial charge is 0.497 e. The molecule has 0 saturated carbocycles. The van der Waals surface area contributed by atoms with Gasteiger partial charge in [0.1, 0.15) is 11.4 Å². The van der Waals surface area contributed by atoms with Crippen molar-refractivity contribution in [3.63, 3.8) is 0 Å². The normalized spacial score (nSPS) is 12.6. The Morgan fingerprint density at radius 2 is 1.89 bits per heavy atom. The Labute approximate surface area is 165 Å². The monoisotopic (exact) mass is 378 g/mol. The maximum Gasteiger partial charge on any atom is 0.193 e. The second kappa shape index (κ2) is 9.03. The lowest BCUT2D eigenvalue weighted by molar-refractivity contribution is 0.414. The number of nitrogens with zero attached hydrogens (tertiary/aromatic N) is 4. The van der Waals surface area contributed by atoms with Crippen LogP contribution in [0.3, 0.4) is 0 Å². The van der Waals surface area contributed by atoms with E-state index in [0.717, 1.165) is 29.2 Å². The number of anilines is 1. The average molecular weight is 378 g/mol. The highest BCUT2D eigenvalue weighted by Crippen LogP contribution is 2.20. The minimum absolute atomic E-state index is 0.343. The summed E-state index contributed by atoms with van der Waals surface area (Å²) in [5, 5.41) is 11.4. The Kier molecular flexibility index (Phi) is 6.26. The predicted octanol–water partition coefficient (Wildman–Crippen LogP) is 3.72. The number of rotatable bonds is 7. The molecule has 0 aliphatic carbocycles. The number of hydrogen-bond acceptors (Lipinski definition) is 4. The SMILES string of the molecule is CCC(C)c1ccc(NC(N)=NCc2cn(-c3ccc(OC)cc3)nn2)cc1. The van der Waals surface area contributed by atoms with E-state index in [4.69, 9.17) is 10.5 Å². The summed E-state index contributed by atoms with van der Waals surface area (Å²) in [6.07, 6.45) is 2.95. The highest BCUT2D eigenvalue weighted by molar-refractivity contribution is 5.92. The van der Waals surface area contributed by atoms with Crippen LogP contribution >= 0.6 is 0 Å². The van der Waals surface area contributed by atoms with E-state index >= 15 is 0 Å². The number of aromatic nitrogens is 3. The molecular weight excluding hydrogens is 352 g/mol. The first-order valence-electron chi connectivity index (χ1n) is 9.31. The minimum atomic E-state index is 0.343. The van der Waals surface area contributed by atoms with Crippen molar-refractivity contribution in [2.24, 2.45) is 10.7 Å². The summed E-state index contributed by atoms with van der Waals surface area (Å²) in [5.74, 6) is 1.69. The summed E-state index contributed by atoms with van der Waals surface area (Å²) in [6, 6.07) is 15.9. The maximum atomic E-state index is 6.00. The first-order valence-corrected chi connectivity index (χ1v) is 9.31. The van der Waals surface area contributed by atoms with Crippen molar-refractivity contribution in [1.29, 1.82) is 0 Å². The summed E-state index contributed by atoms with van der Waals surface area (Å²) in [5.41, 5.74) is 9.86. The fourth-order valence-electron chi connectivity index (χ4n) is 2.72. The molecule has 3 rings (SSSR count). The van der Waals surface area contributed by atoms with Gasteiger partial charge in [-0.3, -0.25) is 0 Å². The van der Waals surface area contributed by atoms with Gasteiger partial charge in [-0.1, -0.05) is 31.2 Å². The zero-order valence-electron chi connectivity index (χ0n) is 16.5. The summed E-state index contributed by atoms with van der Waals surface area (Å²) < 4.78 is 6.86. The van der Waals surface area contributed by atoms with Crippen molar-refractivity contribution in [1.82, 2.24) is 15.0 Å². The van der Waals surface area contributed by atoms with Crippen LogP contribution in [-0.2, 0) is 6.54 Å². The van der Waals surface area contributed by atoms with Crippen molar-refractivity contribution in [3.05, 3.63) is 66.0 Å². The summed E-state index contributed by atoms with van der Waals surface area (Å²) in [4.78, 5) is 4.35. The van der Waals surface area contributed by atoms with E-state index in [9.17, 15) is 0 Å². The summed E-state index contributed by atoms with van der Waals surface area (Å²) in [6.45, 7) is 4.75. The Bertz CT molecular complexity index is 915. The molecule has 0 aliphatic heterocycles. The van der Waals surface area contributed by atoms with Crippen molar-refractivity contribution in [3.8, 4) is 11.4 Å². The number of nitrogens with one attached hydrogen (secondary N) is 1. The molecule has 1 heterocycles. The average Bonchev–Trinajstić information content (AvgIpc) is 3.21. The third-order valence-corrected chi connectivity index (χ3v) is 4.65. The number of hydrogen-bond donors (Lipinski definition) is 2. The Balaban J connectivity index is 1.59. The van der Waals surface area contributed by atoms with Crippen LogP contribution in [0.25, 0.3) is 5.69 Å². The highest BCUT2D eigenvalue weighted by Gasteiger charge is 2.05. The molecular formula is C21H26N6O. The zero-order valence-corrected chi connectivity index (χ0v) is 16.5. The lowest BCUT2D eigenvalue weighted by Gasteiger charge is -2.10. The fraction of sp³-hybridized carbons (Fsp3) is 0.286. The van der Waals surface area contributed by atoms with E-state index in [-0.39, 0.29) is 0 Å². The first-order chi connectivity index (χ1) is 13.6. The molecule has 146 valence electrons. The van der Waals surface area contributed by atoms with Crippen LogP contribution in [0, 0.1) is 0 Å². The minimum Gasteiger partial charge on any atom is -0.497 e. The van der Waals surface area contributed by atoms with Crippen LogP contribution in [0.1, 0.15) is 37.4 Å². The summed E-state index contributed by atoms with van der Waals surface area (Å²) >= 11 is 0. The third kappa shape index (κ3) is 4.88. The van der Waals surface area contributed by atoms with Gasteiger partial charge < -0.3 is 15.8 Å². The highest BCUT2D eigenvalue weighted by atomic mass is 16.5. The first kappa shape index (κ1) is 19.4. The number of nitrogens with two attached hydrogens (primary N) is 1. The van der Waals surface area contributed by atoms with E-state index in [1.165, 1.54) is 5.56 Å². The van der Waals surface area contributed by atoms with Crippen molar-refractivity contribution in [2.45, 2.75) is 32.7 Å². The topological polar surface area (TPSA) is 90.3 Å². The van der Waals surface area contributed by atoms with E-state index in [0.29, 0.717) is 18.4 Å². The molecule has 7 nitrogen and oxygen atoms in total. The molecule has 1 atom stereocenters. The molecule has 0 saturated heterocycles. The Hall–Kier alpha value is -3.35. The van der Waals surface area contributed by atoms with Gasteiger partial charge in [0.05, 0.1) is 25.5 Å². The molecule has 0 aliphatic rings. The van der Waals surface area contributed by atoms with Gasteiger partial charge in [-0.05, 0) is 54.3 Å². The van der Waals surface area contributed by atoms with E-state index in [1.54, 1.807) is 11.8 Å². The predicted molar refractivity (Wildman–Crippen MR) is 112 cm³/mol. The summed E-state index contributed by atoms with van der Waals surface area (Å²) in [7, 11) is 1.64. The Morgan fingerprint density at radius 1 is 1.18 bits per heavy atom. The number of benzene rings is 2. The number of methoxy groups -OCH3 is 1. The molecule has 0 spiro atoms. The van der Waals surface area contributed by atoms with Gasteiger partial charge in [0.2, 0.25) is 0 Å². The van der Waals surface area contributed by atoms with E-state index in [1.807, 2.05) is 42.6 Å². The van der Waals surface area contributed by atoms with Crippen LogP contribution in [0.5, 0.6) is 5.75 Å². The molecule has 3 N–H and O–H groups in total. The van der Waals surface area contributed by atoms with E-state index in [2.05, 4.69) is 46.6 Å². The molecule has 0 fully saturated rings. The van der Waals surface area contributed by atoms with Gasteiger partial charge in [-0.2, -0.15) is 0 Å². The number of aliphatic imine (C=N–C) groups is 1.